The molecule has 0 atom stereocenters. The molecule has 1 aromatic carbocycles. The van der Waals surface area contributed by atoms with Gasteiger partial charge < -0.3 is 19.7 Å². The Morgan fingerprint density at radius 3 is 2.52 bits per heavy atom. The van der Waals surface area contributed by atoms with Crippen LogP contribution in [0.2, 0.25) is 0 Å². The molecule has 0 unspecified atom stereocenters. The van der Waals surface area contributed by atoms with Gasteiger partial charge in [-0.2, -0.15) is 4.98 Å². The van der Waals surface area contributed by atoms with E-state index >= 15 is 0 Å². The fourth-order valence-electron chi connectivity index (χ4n) is 3.44. The first kappa shape index (κ1) is 19.4. The number of ether oxygens (including phenoxy) is 2. The second-order valence-corrected chi connectivity index (χ2v) is 7.62. The maximum Gasteiger partial charge on any atom is 0.228 e. The topological polar surface area (TPSA) is 59.5 Å². The Morgan fingerprint density at radius 2 is 1.89 bits per heavy atom. The lowest BCUT2D eigenvalue weighted by Gasteiger charge is -2.39. The van der Waals surface area contributed by atoms with E-state index in [0.29, 0.717) is 17.9 Å². The molecule has 0 bridgehead atoms. The number of nitrogens with one attached hydrogen (secondary N) is 1. The number of anilines is 1. The van der Waals surface area contributed by atoms with Crippen molar-refractivity contribution in [1.29, 1.82) is 0 Å². The summed E-state index contributed by atoms with van der Waals surface area (Å²) >= 11 is 0. The van der Waals surface area contributed by atoms with Crippen LogP contribution in [0.1, 0.15) is 30.9 Å². The zero-order valence-electron chi connectivity index (χ0n) is 16.8. The van der Waals surface area contributed by atoms with Gasteiger partial charge in [-0.3, -0.25) is 0 Å². The van der Waals surface area contributed by atoms with Gasteiger partial charge in [0.05, 0.1) is 7.11 Å². The first-order valence-electron chi connectivity index (χ1n) is 9.52. The molecule has 2 aromatic rings. The van der Waals surface area contributed by atoms with Crippen LogP contribution in [-0.2, 0) is 6.61 Å². The van der Waals surface area contributed by atoms with Crippen molar-refractivity contribution in [2.45, 2.75) is 33.3 Å². The Kier molecular flexibility index (Phi) is 6.16. The molecule has 1 aromatic heterocycles. The lowest BCUT2D eigenvalue weighted by Crippen LogP contribution is -2.43. The summed E-state index contributed by atoms with van der Waals surface area (Å²) in [6.07, 6.45) is 4.12. The highest BCUT2D eigenvalue weighted by Gasteiger charge is 2.30. The summed E-state index contributed by atoms with van der Waals surface area (Å²) in [4.78, 5) is 11.5. The van der Waals surface area contributed by atoms with Crippen LogP contribution in [0, 0.1) is 12.3 Å². The van der Waals surface area contributed by atoms with Gasteiger partial charge in [-0.25, -0.2) is 4.98 Å². The minimum Gasteiger partial charge on any atom is -0.497 e. The number of aryl methyl sites for hydroxylation is 1. The molecule has 0 spiro atoms. The number of nitrogens with zero attached hydrogens (tertiary/aromatic N) is 3. The number of rotatable bonds is 7. The third kappa shape index (κ3) is 4.89. The fraction of sp³-hybridized carbons (Fsp3) is 0.524. The molecule has 1 N–H and O–H groups in total. The second kappa shape index (κ2) is 8.57. The van der Waals surface area contributed by atoms with E-state index in [9.17, 15) is 0 Å². The fourth-order valence-corrected chi connectivity index (χ4v) is 3.44. The summed E-state index contributed by atoms with van der Waals surface area (Å²) < 4.78 is 11.2. The number of benzene rings is 1. The largest absolute Gasteiger partial charge is 0.497 e. The molecule has 0 saturated carbocycles. The molecule has 1 fully saturated rings. The zero-order valence-corrected chi connectivity index (χ0v) is 16.8. The van der Waals surface area contributed by atoms with Crippen molar-refractivity contribution in [2.24, 2.45) is 5.41 Å². The van der Waals surface area contributed by atoms with E-state index in [1.54, 1.807) is 7.11 Å². The van der Waals surface area contributed by atoms with Crippen molar-refractivity contribution in [3.8, 4) is 11.6 Å². The highest BCUT2D eigenvalue weighted by molar-refractivity contribution is 5.36. The maximum absolute atomic E-state index is 5.98. The summed E-state index contributed by atoms with van der Waals surface area (Å²) in [7, 11) is 3.69. The van der Waals surface area contributed by atoms with Crippen molar-refractivity contribution in [3.05, 3.63) is 41.6 Å². The Balaban J connectivity index is 1.64. The molecule has 0 radical (unpaired) electrons. The monoisotopic (exact) mass is 370 g/mol. The van der Waals surface area contributed by atoms with Crippen LogP contribution < -0.4 is 19.7 Å². The third-order valence-electron chi connectivity index (χ3n) is 5.30. The van der Waals surface area contributed by atoms with Crippen molar-refractivity contribution in [1.82, 2.24) is 15.3 Å². The van der Waals surface area contributed by atoms with Crippen LogP contribution in [-0.4, -0.2) is 43.8 Å². The summed E-state index contributed by atoms with van der Waals surface area (Å²) in [6.45, 7) is 7.79. The molecule has 6 heteroatoms. The van der Waals surface area contributed by atoms with Gasteiger partial charge in [-0.15, -0.1) is 0 Å². The quantitative estimate of drug-likeness (QED) is 0.808. The van der Waals surface area contributed by atoms with Crippen LogP contribution in [0.5, 0.6) is 11.6 Å². The van der Waals surface area contributed by atoms with Crippen molar-refractivity contribution in [3.63, 3.8) is 0 Å². The minimum absolute atomic E-state index is 0.351. The van der Waals surface area contributed by atoms with Gasteiger partial charge in [-0.05, 0) is 49.9 Å². The molecular formula is C21H30N4O2. The second-order valence-electron chi connectivity index (χ2n) is 7.62. The van der Waals surface area contributed by atoms with Gasteiger partial charge in [0.15, 0.2) is 0 Å². The smallest absolute Gasteiger partial charge is 0.228 e. The Hall–Kier alpha value is -2.34. The van der Waals surface area contributed by atoms with E-state index in [0.717, 1.165) is 55.3 Å². The highest BCUT2D eigenvalue weighted by atomic mass is 16.5. The summed E-state index contributed by atoms with van der Waals surface area (Å²) in [5.74, 6) is 2.26. The average molecular weight is 370 g/mol. The highest BCUT2D eigenvalue weighted by Crippen LogP contribution is 2.32. The van der Waals surface area contributed by atoms with Crippen LogP contribution in [0.4, 0.5) is 5.95 Å². The van der Waals surface area contributed by atoms with Gasteiger partial charge in [0, 0.05) is 31.4 Å². The zero-order chi connectivity index (χ0) is 19.3. The molecule has 1 aliphatic rings. The third-order valence-corrected chi connectivity index (χ3v) is 5.30. The van der Waals surface area contributed by atoms with Crippen molar-refractivity contribution >= 4 is 5.95 Å². The van der Waals surface area contributed by atoms with Crippen LogP contribution in [0.25, 0.3) is 0 Å². The number of aromatic nitrogens is 2. The standard InChI is InChI=1S/C21H30N4O2/c1-16-13-23-20(25-11-9-21(2,10-12-25)15-22-3)24-19(16)27-14-17-5-7-18(26-4)8-6-17/h5-8,13,22H,9-12,14-15H2,1-4H3. The lowest BCUT2D eigenvalue weighted by molar-refractivity contribution is 0.241. The first-order valence-corrected chi connectivity index (χ1v) is 9.52. The Labute approximate surface area is 161 Å². The summed E-state index contributed by atoms with van der Waals surface area (Å²) in [5.41, 5.74) is 2.38. The molecule has 1 aliphatic heterocycles. The van der Waals surface area contributed by atoms with Crippen molar-refractivity contribution in [2.75, 3.05) is 38.7 Å². The summed E-state index contributed by atoms with van der Waals surface area (Å²) in [5, 5.41) is 3.31. The molecule has 3 rings (SSSR count). The van der Waals surface area contributed by atoms with Crippen LogP contribution in [0.3, 0.4) is 0 Å². The first-order chi connectivity index (χ1) is 13.0. The van der Waals surface area contributed by atoms with Gasteiger partial charge in [-0.1, -0.05) is 19.1 Å². The molecule has 6 nitrogen and oxygen atoms in total. The van der Waals surface area contributed by atoms with E-state index in [2.05, 4.69) is 22.1 Å². The van der Waals surface area contributed by atoms with Gasteiger partial charge in [0.2, 0.25) is 11.8 Å². The molecular weight excluding hydrogens is 340 g/mol. The van der Waals surface area contributed by atoms with E-state index < -0.39 is 0 Å². The normalized spacial score (nSPS) is 16.2. The van der Waals surface area contributed by atoms with E-state index in [1.807, 2.05) is 44.4 Å². The van der Waals surface area contributed by atoms with E-state index in [1.165, 1.54) is 0 Å². The molecule has 27 heavy (non-hydrogen) atoms. The number of hydrogen-bond acceptors (Lipinski definition) is 6. The summed E-state index contributed by atoms with van der Waals surface area (Å²) in [6, 6.07) is 7.88. The Morgan fingerprint density at radius 1 is 1.19 bits per heavy atom. The molecule has 2 heterocycles. The average Bonchev–Trinajstić information content (AvgIpc) is 2.68. The SMILES string of the molecule is CNCC1(C)CCN(c2ncc(C)c(OCc3ccc(OC)cc3)n2)CC1. The van der Waals surface area contributed by atoms with Crippen LogP contribution >= 0.6 is 0 Å². The Bertz CT molecular complexity index is 740. The van der Waals surface area contributed by atoms with Gasteiger partial charge >= 0.3 is 0 Å². The number of piperidine rings is 1. The van der Waals surface area contributed by atoms with Crippen LogP contribution in [0.15, 0.2) is 30.5 Å². The van der Waals surface area contributed by atoms with E-state index in [4.69, 9.17) is 14.5 Å². The minimum atomic E-state index is 0.351. The van der Waals surface area contributed by atoms with Crippen molar-refractivity contribution < 1.29 is 9.47 Å². The number of methoxy groups -OCH3 is 1. The lowest BCUT2D eigenvalue weighted by atomic mass is 9.80. The molecule has 146 valence electrons. The maximum atomic E-state index is 5.98. The van der Waals surface area contributed by atoms with Gasteiger partial charge in [0.25, 0.3) is 0 Å². The van der Waals surface area contributed by atoms with Gasteiger partial charge in [0.1, 0.15) is 12.4 Å². The number of hydrogen-bond donors (Lipinski definition) is 1. The predicted octanol–water partition coefficient (Wildman–Crippen LogP) is 3.20. The van der Waals surface area contributed by atoms with E-state index in [-0.39, 0.29) is 0 Å². The predicted molar refractivity (Wildman–Crippen MR) is 108 cm³/mol. The molecule has 0 amide bonds. The molecule has 1 saturated heterocycles. The molecule has 0 aliphatic carbocycles.